The van der Waals surface area contributed by atoms with Crippen molar-refractivity contribution in [2.75, 3.05) is 0 Å². The van der Waals surface area contributed by atoms with Gasteiger partial charge in [-0.2, -0.15) is 0 Å². The fourth-order valence-corrected chi connectivity index (χ4v) is 2.05. The number of aliphatic hydroxyl groups excluding tert-OH is 1. The fourth-order valence-electron chi connectivity index (χ4n) is 2.05. The van der Waals surface area contributed by atoms with Crippen LogP contribution in [0, 0.1) is 0 Å². The molecule has 0 bridgehead atoms. The van der Waals surface area contributed by atoms with Crippen LogP contribution in [0.3, 0.4) is 0 Å². The molecule has 0 amide bonds. The van der Waals surface area contributed by atoms with Gasteiger partial charge in [-0.3, -0.25) is 0 Å². The van der Waals surface area contributed by atoms with Gasteiger partial charge in [-0.05, 0) is 18.4 Å². The molecule has 1 aliphatic carbocycles. The highest BCUT2D eigenvalue weighted by Crippen LogP contribution is 2.22. The van der Waals surface area contributed by atoms with Crippen molar-refractivity contribution < 1.29 is 9.84 Å². The van der Waals surface area contributed by atoms with Crippen LogP contribution in [-0.4, -0.2) is 17.3 Å². The molecular weight excluding hydrogens is 188 g/mol. The zero-order valence-electron chi connectivity index (χ0n) is 8.93. The largest absolute Gasteiger partial charge is 0.390 e. The van der Waals surface area contributed by atoms with Gasteiger partial charge >= 0.3 is 0 Å². The van der Waals surface area contributed by atoms with Crippen molar-refractivity contribution in [3.8, 4) is 0 Å². The summed E-state index contributed by atoms with van der Waals surface area (Å²) < 4.78 is 5.73. The van der Waals surface area contributed by atoms with Crippen molar-refractivity contribution in [3.63, 3.8) is 0 Å². The molecule has 2 nitrogen and oxygen atoms in total. The highest BCUT2D eigenvalue weighted by molar-refractivity contribution is 5.13. The van der Waals surface area contributed by atoms with E-state index in [2.05, 4.69) is 12.1 Å². The van der Waals surface area contributed by atoms with Crippen LogP contribution in [0.15, 0.2) is 30.3 Å². The van der Waals surface area contributed by atoms with Crippen molar-refractivity contribution in [1.29, 1.82) is 0 Å². The zero-order chi connectivity index (χ0) is 10.5. The Hall–Kier alpha value is -0.860. The third-order valence-corrected chi connectivity index (χ3v) is 2.97. The number of rotatable bonds is 3. The molecule has 0 saturated heterocycles. The minimum Gasteiger partial charge on any atom is -0.390 e. The first-order chi connectivity index (χ1) is 7.36. The van der Waals surface area contributed by atoms with Gasteiger partial charge in [0.1, 0.15) is 0 Å². The maximum atomic E-state index is 9.72. The van der Waals surface area contributed by atoms with Gasteiger partial charge < -0.3 is 9.84 Å². The summed E-state index contributed by atoms with van der Waals surface area (Å²) in [5.41, 5.74) is 1.18. The van der Waals surface area contributed by atoms with E-state index in [9.17, 15) is 5.11 Å². The number of hydrogen-bond donors (Lipinski definition) is 1. The Kier molecular flexibility index (Phi) is 3.75. The Morgan fingerprint density at radius 3 is 2.60 bits per heavy atom. The molecule has 1 fully saturated rings. The summed E-state index contributed by atoms with van der Waals surface area (Å²) in [5, 5.41) is 9.72. The van der Waals surface area contributed by atoms with E-state index in [-0.39, 0.29) is 12.2 Å². The van der Waals surface area contributed by atoms with Gasteiger partial charge in [0.15, 0.2) is 0 Å². The summed E-state index contributed by atoms with van der Waals surface area (Å²) in [5.74, 6) is 0. The van der Waals surface area contributed by atoms with Gasteiger partial charge in [-0.25, -0.2) is 0 Å². The molecule has 0 spiro atoms. The first-order valence-corrected chi connectivity index (χ1v) is 5.70. The second kappa shape index (κ2) is 5.29. The summed E-state index contributed by atoms with van der Waals surface area (Å²) in [6.07, 6.45) is 3.97. The predicted octanol–water partition coefficient (Wildman–Crippen LogP) is 2.51. The minimum atomic E-state index is -0.262. The van der Waals surface area contributed by atoms with Crippen molar-refractivity contribution in [2.24, 2.45) is 0 Å². The molecule has 0 aromatic heterocycles. The lowest BCUT2D eigenvalue weighted by Gasteiger charge is -2.27. The monoisotopic (exact) mass is 206 g/mol. The lowest BCUT2D eigenvalue weighted by atomic mass is 9.95. The lowest BCUT2D eigenvalue weighted by Crippen LogP contribution is -2.32. The number of aliphatic hydroxyl groups is 1. The summed E-state index contributed by atoms with van der Waals surface area (Å²) in [7, 11) is 0. The molecule has 1 aromatic carbocycles. The molecule has 1 unspecified atom stereocenters. The van der Waals surface area contributed by atoms with Crippen LogP contribution in [0.4, 0.5) is 0 Å². The van der Waals surface area contributed by atoms with E-state index in [1.165, 1.54) is 12.0 Å². The standard InChI is InChI=1S/C13H18O2/c14-12-8-4-5-9-13(12)15-10-11-6-2-1-3-7-11/h1-3,6-7,12-14H,4-5,8-10H2/t12?,13-/m1/s1. The quantitative estimate of drug-likeness (QED) is 0.823. The molecule has 0 aliphatic heterocycles. The molecule has 82 valence electrons. The Morgan fingerprint density at radius 1 is 1.13 bits per heavy atom. The van der Waals surface area contributed by atoms with Crippen molar-refractivity contribution in [3.05, 3.63) is 35.9 Å². The van der Waals surface area contributed by atoms with Crippen LogP contribution in [0.25, 0.3) is 0 Å². The van der Waals surface area contributed by atoms with E-state index in [0.717, 1.165) is 19.3 Å². The molecule has 2 atom stereocenters. The number of benzene rings is 1. The maximum Gasteiger partial charge on any atom is 0.0838 e. The van der Waals surface area contributed by atoms with Crippen LogP contribution in [-0.2, 0) is 11.3 Å². The molecule has 1 aliphatic rings. The van der Waals surface area contributed by atoms with E-state index >= 15 is 0 Å². The first-order valence-electron chi connectivity index (χ1n) is 5.70. The minimum absolute atomic E-state index is 0.0407. The van der Waals surface area contributed by atoms with E-state index in [1.807, 2.05) is 18.2 Å². The summed E-state index contributed by atoms with van der Waals surface area (Å²) in [4.78, 5) is 0. The Bertz CT molecular complexity index is 284. The molecule has 2 heteroatoms. The molecule has 1 aromatic rings. The average molecular weight is 206 g/mol. The Labute approximate surface area is 90.9 Å². The third kappa shape index (κ3) is 3.05. The Morgan fingerprint density at radius 2 is 1.87 bits per heavy atom. The molecule has 1 N–H and O–H groups in total. The zero-order valence-corrected chi connectivity index (χ0v) is 8.93. The average Bonchev–Trinajstić information content (AvgIpc) is 2.29. The van der Waals surface area contributed by atoms with Crippen LogP contribution in [0.1, 0.15) is 31.2 Å². The van der Waals surface area contributed by atoms with Gasteiger partial charge in [0, 0.05) is 0 Å². The van der Waals surface area contributed by atoms with Crippen molar-refractivity contribution in [1.82, 2.24) is 0 Å². The highest BCUT2D eigenvalue weighted by atomic mass is 16.5. The number of ether oxygens (including phenoxy) is 1. The number of hydrogen-bond acceptors (Lipinski definition) is 2. The molecular formula is C13H18O2. The third-order valence-electron chi connectivity index (χ3n) is 2.97. The first kappa shape index (κ1) is 10.7. The van der Waals surface area contributed by atoms with E-state index in [0.29, 0.717) is 6.61 Å². The van der Waals surface area contributed by atoms with Gasteiger partial charge in [0.2, 0.25) is 0 Å². The molecule has 0 radical (unpaired) electrons. The van der Waals surface area contributed by atoms with Crippen LogP contribution in [0.5, 0.6) is 0 Å². The van der Waals surface area contributed by atoms with E-state index < -0.39 is 0 Å². The molecule has 2 rings (SSSR count). The van der Waals surface area contributed by atoms with E-state index in [4.69, 9.17) is 4.74 Å². The summed E-state index contributed by atoms with van der Waals surface area (Å²) >= 11 is 0. The van der Waals surface area contributed by atoms with Crippen LogP contribution < -0.4 is 0 Å². The van der Waals surface area contributed by atoms with Gasteiger partial charge in [0.05, 0.1) is 18.8 Å². The SMILES string of the molecule is OC1CCCC[C@H]1OCc1ccccc1. The van der Waals surface area contributed by atoms with Gasteiger partial charge in [-0.1, -0.05) is 43.2 Å². The van der Waals surface area contributed by atoms with E-state index in [1.54, 1.807) is 0 Å². The Balaban J connectivity index is 1.82. The lowest BCUT2D eigenvalue weighted by molar-refractivity contribution is -0.0661. The predicted molar refractivity (Wildman–Crippen MR) is 59.5 cm³/mol. The molecule has 1 saturated carbocycles. The highest BCUT2D eigenvalue weighted by Gasteiger charge is 2.23. The maximum absolute atomic E-state index is 9.72. The fraction of sp³-hybridized carbons (Fsp3) is 0.538. The van der Waals surface area contributed by atoms with Gasteiger partial charge in [0.25, 0.3) is 0 Å². The van der Waals surface area contributed by atoms with Crippen LogP contribution >= 0.6 is 0 Å². The normalized spacial score (nSPS) is 26.5. The summed E-state index contributed by atoms with van der Waals surface area (Å²) in [6.45, 7) is 0.614. The second-order valence-corrected chi connectivity index (χ2v) is 4.19. The van der Waals surface area contributed by atoms with Gasteiger partial charge in [-0.15, -0.1) is 0 Å². The molecule has 15 heavy (non-hydrogen) atoms. The topological polar surface area (TPSA) is 29.5 Å². The van der Waals surface area contributed by atoms with Crippen molar-refractivity contribution in [2.45, 2.75) is 44.5 Å². The van der Waals surface area contributed by atoms with Crippen molar-refractivity contribution >= 4 is 0 Å². The molecule has 0 heterocycles. The van der Waals surface area contributed by atoms with Crippen LogP contribution in [0.2, 0.25) is 0 Å². The second-order valence-electron chi connectivity index (χ2n) is 4.19. The summed E-state index contributed by atoms with van der Waals surface area (Å²) in [6, 6.07) is 10.1. The smallest absolute Gasteiger partial charge is 0.0838 e.